The van der Waals surface area contributed by atoms with Gasteiger partial charge in [0.1, 0.15) is 0 Å². The standard InChI is InChI=1S/C59H41N/c1-4-17-42(18-5-1)46-21-14-22-47(39-46)44-35-37-52(38-36-44)60(53-28-15-23-48(41-53)49-34-33-43-19-10-11-20-45(43)40-49)57-32-16-31-56-58(57)54-29-12-13-30-55(54)59(56,50-24-6-2-7-25-50)51-26-8-3-9-27-51/h1-41H. The molecule has 1 aliphatic rings. The van der Waals surface area contributed by atoms with Gasteiger partial charge in [0.05, 0.1) is 11.1 Å². The summed E-state index contributed by atoms with van der Waals surface area (Å²) in [7, 11) is 0. The number of benzene rings is 10. The number of rotatable bonds is 8. The summed E-state index contributed by atoms with van der Waals surface area (Å²) in [5, 5.41) is 2.48. The van der Waals surface area contributed by atoms with Crippen molar-refractivity contribution in [3.8, 4) is 44.5 Å². The Balaban J connectivity index is 1.12. The molecule has 0 saturated heterocycles. The van der Waals surface area contributed by atoms with E-state index in [1.165, 1.54) is 77.5 Å². The summed E-state index contributed by atoms with van der Waals surface area (Å²) in [4.78, 5) is 2.47. The van der Waals surface area contributed by atoms with Crippen LogP contribution >= 0.6 is 0 Å². The van der Waals surface area contributed by atoms with E-state index in [2.05, 4.69) is 254 Å². The second-order valence-corrected chi connectivity index (χ2v) is 15.7. The molecule has 11 rings (SSSR count). The fraction of sp³-hybridized carbons (Fsp3) is 0.0169. The summed E-state index contributed by atoms with van der Waals surface area (Å²) in [5.74, 6) is 0. The first-order chi connectivity index (χ1) is 29.8. The third kappa shape index (κ3) is 5.94. The van der Waals surface area contributed by atoms with Gasteiger partial charge in [-0.1, -0.05) is 206 Å². The van der Waals surface area contributed by atoms with Crippen LogP contribution in [0.4, 0.5) is 17.1 Å². The minimum atomic E-state index is -0.503. The summed E-state index contributed by atoms with van der Waals surface area (Å²) in [6, 6.07) is 91.1. The van der Waals surface area contributed by atoms with Gasteiger partial charge in [0.2, 0.25) is 0 Å². The van der Waals surface area contributed by atoms with Crippen molar-refractivity contribution in [3.05, 3.63) is 271 Å². The van der Waals surface area contributed by atoms with E-state index < -0.39 is 5.41 Å². The number of fused-ring (bicyclic) bond motifs is 4. The molecule has 60 heavy (non-hydrogen) atoms. The van der Waals surface area contributed by atoms with E-state index in [0.29, 0.717) is 0 Å². The molecule has 1 heteroatoms. The molecule has 0 N–H and O–H groups in total. The van der Waals surface area contributed by atoms with Crippen LogP contribution in [-0.2, 0) is 5.41 Å². The lowest BCUT2D eigenvalue weighted by atomic mass is 9.68. The molecule has 0 unspecified atom stereocenters. The Morgan fingerprint density at radius 3 is 1.50 bits per heavy atom. The van der Waals surface area contributed by atoms with E-state index in [9.17, 15) is 0 Å². The normalized spacial score (nSPS) is 12.5. The van der Waals surface area contributed by atoms with Gasteiger partial charge >= 0.3 is 0 Å². The molecule has 10 aromatic rings. The highest BCUT2D eigenvalue weighted by Gasteiger charge is 2.47. The zero-order valence-corrected chi connectivity index (χ0v) is 33.1. The fourth-order valence-corrected chi connectivity index (χ4v) is 9.59. The first kappa shape index (κ1) is 35.4. The lowest BCUT2D eigenvalue weighted by molar-refractivity contribution is 0.768. The minimum absolute atomic E-state index is 0.503. The number of anilines is 3. The average molecular weight is 764 g/mol. The van der Waals surface area contributed by atoms with Gasteiger partial charge in [0, 0.05) is 16.9 Å². The minimum Gasteiger partial charge on any atom is -0.310 e. The lowest BCUT2D eigenvalue weighted by Crippen LogP contribution is -2.28. The molecule has 0 aliphatic heterocycles. The largest absolute Gasteiger partial charge is 0.310 e. The maximum Gasteiger partial charge on any atom is 0.0714 e. The van der Waals surface area contributed by atoms with Crippen molar-refractivity contribution in [1.82, 2.24) is 0 Å². The summed E-state index contributed by atoms with van der Waals surface area (Å²) in [5.41, 5.74) is 17.6. The van der Waals surface area contributed by atoms with E-state index in [1.807, 2.05) is 0 Å². The molecule has 0 saturated carbocycles. The zero-order valence-electron chi connectivity index (χ0n) is 33.1. The Morgan fingerprint density at radius 2 is 0.783 bits per heavy atom. The molecular weight excluding hydrogens is 723 g/mol. The summed E-state index contributed by atoms with van der Waals surface area (Å²) in [6.45, 7) is 0. The number of hydrogen-bond acceptors (Lipinski definition) is 1. The Bertz CT molecular complexity index is 3090. The van der Waals surface area contributed by atoms with Crippen LogP contribution in [-0.4, -0.2) is 0 Å². The second kappa shape index (κ2) is 14.9. The van der Waals surface area contributed by atoms with Crippen molar-refractivity contribution in [3.63, 3.8) is 0 Å². The molecule has 0 spiro atoms. The third-order valence-electron chi connectivity index (χ3n) is 12.3. The van der Waals surface area contributed by atoms with Crippen molar-refractivity contribution in [1.29, 1.82) is 0 Å². The van der Waals surface area contributed by atoms with E-state index >= 15 is 0 Å². The van der Waals surface area contributed by atoms with Crippen LogP contribution < -0.4 is 4.90 Å². The van der Waals surface area contributed by atoms with Crippen molar-refractivity contribution in [2.45, 2.75) is 5.41 Å². The number of nitrogens with zero attached hydrogens (tertiary/aromatic N) is 1. The SMILES string of the molecule is c1ccc(-c2cccc(-c3ccc(N(c4cccc(-c5ccc6ccccc6c5)c4)c4cccc5c4-c4ccccc4C5(c4ccccc4)c4ccccc4)cc3)c2)cc1. The maximum absolute atomic E-state index is 2.47. The van der Waals surface area contributed by atoms with E-state index in [0.717, 1.165) is 17.1 Å². The Morgan fingerprint density at radius 1 is 0.283 bits per heavy atom. The van der Waals surface area contributed by atoms with E-state index in [1.54, 1.807) is 0 Å². The van der Waals surface area contributed by atoms with E-state index in [-0.39, 0.29) is 0 Å². The first-order valence-corrected chi connectivity index (χ1v) is 20.8. The fourth-order valence-electron chi connectivity index (χ4n) is 9.59. The Kier molecular flexibility index (Phi) is 8.79. The molecule has 282 valence electrons. The van der Waals surface area contributed by atoms with Gasteiger partial charge in [-0.05, 0) is 114 Å². The van der Waals surface area contributed by atoms with Crippen molar-refractivity contribution < 1.29 is 0 Å². The highest BCUT2D eigenvalue weighted by molar-refractivity contribution is 5.98. The van der Waals surface area contributed by atoms with Crippen LogP contribution in [0.2, 0.25) is 0 Å². The molecular formula is C59H41N. The Labute approximate surface area is 352 Å². The van der Waals surface area contributed by atoms with Crippen LogP contribution in [0, 0.1) is 0 Å². The second-order valence-electron chi connectivity index (χ2n) is 15.7. The first-order valence-electron chi connectivity index (χ1n) is 20.8. The maximum atomic E-state index is 2.47. The van der Waals surface area contributed by atoms with Crippen molar-refractivity contribution in [2.75, 3.05) is 4.90 Å². The van der Waals surface area contributed by atoms with Crippen LogP contribution in [0.5, 0.6) is 0 Å². The quantitative estimate of drug-likeness (QED) is 0.149. The summed E-state index contributed by atoms with van der Waals surface area (Å²) < 4.78 is 0. The van der Waals surface area contributed by atoms with Gasteiger partial charge in [-0.2, -0.15) is 0 Å². The molecule has 0 heterocycles. The smallest absolute Gasteiger partial charge is 0.0714 e. The molecule has 1 aliphatic carbocycles. The molecule has 0 radical (unpaired) electrons. The molecule has 0 aromatic heterocycles. The monoisotopic (exact) mass is 763 g/mol. The zero-order chi connectivity index (χ0) is 39.9. The third-order valence-corrected chi connectivity index (χ3v) is 12.3. The van der Waals surface area contributed by atoms with Gasteiger partial charge < -0.3 is 4.90 Å². The average Bonchev–Trinajstić information content (AvgIpc) is 3.64. The number of hydrogen-bond donors (Lipinski definition) is 0. The van der Waals surface area contributed by atoms with Gasteiger partial charge in [-0.3, -0.25) is 0 Å². The molecule has 0 bridgehead atoms. The topological polar surface area (TPSA) is 3.24 Å². The molecule has 1 nitrogen and oxygen atoms in total. The molecule has 0 fully saturated rings. The van der Waals surface area contributed by atoms with Gasteiger partial charge in [0.15, 0.2) is 0 Å². The molecule has 0 amide bonds. The van der Waals surface area contributed by atoms with Gasteiger partial charge in [-0.15, -0.1) is 0 Å². The van der Waals surface area contributed by atoms with Crippen LogP contribution in [0.1, 0.15) is 22.3 Å². The lowest BCUT2D eigenvalue weighted by Gasteiger charge is -2.34. The predicted molar refractivity (Wildman–Crippen MR) is 252 cm³/mol. The highest BCUT2D eigenvalue weighted by atomic mass is 15.1. The van der Waals surface area contributed by atoms with Crippen molar-refractivity contribution >= 4 is 27.8 Å². The van der Waals surface area contributed by atoms with Gasteiger partial charge in [-0.25, -0.2) is 0 Å². The van der Waals surface area contributed by atoms with Crippen LogP contribution in [0.25, 0.3) is 55.3 Å². The molecule has 10 aromatic carbocycles. The Hall–Kier alpha value is -7.74. The van der Waals surface area contributed by atoms with Gasteiger partial charge in [0.25, 0.3) is 0 Å². The molecule has 0 atom stereocenters. The summed E-state index contributed by atoms with van der Waals surface area (Å²) >= 11 is 0. The predicted octanol–water partition coefficient (Wildman–Crippen LogP) is 15.7. The van der Waals surface area contributed by atoms with E-state index in [4.69, 9.17) is 0 Å². The van der Waals surface area contributed by atoms with Crippen LogP contribution in [0.15, 0.2) is 249 Å². The summed E-state index contributed by atoms with van der Waals surface area (Å²) in [6.07, 6.45) is 0. The van der Waals surface area contributed by atoms with Crippen LogP contribution in [0.3, 0.4) is 0 Å². The highest BCUT2D eigenvalue weighted by Crippen LogP contribution is 2.59. The van der Waals surface area contributed by atoms with Crippen molar-refractivity contribution in [2.24, 2.45) is 0 Å².